The Morgan fingerprint density at radius 1 is 1.17 bits per heavy atom. The molecule has 0 saturated carbocycles. The van der Waals surface area contributed by atoms with Crippen molar-refractivity contribution in [3.8, 4) is 0 Å². The van der Waals surface area contributed by atoms with Gasteiger partial charge < -0.3 is 9.84 Å². The minimum Gasteiger partial charge on any atom is -0.388 e. The van der Waals surface area contributed by atoms with Crippen LogP contribution in [0.1, 0.15) is 32.4 Å². The molecular weight excluding hydrogens is 271 g/mol. The van der Waals surface area contributed by atoms with E-state index in [0.717, 1.165) is 0 Å². The van der Waals surface area contributed by atoms with E-state index in [2.05, 4.69) is 6.92 Å². The van der Waals surface area contributed by atoms with Gasteiger partial charge in [0.2, 0.25) is 0 Å². The third-order valence-corrected chi connectivity index (χ3v) is 4.82. The molecule has 2 nitrogen and oxygen atoms in total. The number of ether oxygens (including phenoxy) is 1. The highest BCUT2D eigenvalue weighted by atomic mass is 35.5. The van der Waals surface area contributed by atoms with Gasteiger partial charge in [0.05, 0.1) is 28.4 Å². The lowest BCUT2D eigenvalue weighted by molar-refractivity contribution is 0.0231. The van der Waals surface area contributed by atoms with Crippen LogP contribution in [0.4, 0.5) is 0 Å². The molecule has 1 aliphatic rings. The first-order valence-electron chi connectivity index (χ1n) is 6.21. The van der Waals surface area contributed by atoms with Crippen molar-refractivity contribution in [1.82, 2.24) is 0 Å². The van der Waals surface area contributed by atoms with Crippen molar-refractivity contribution >= 4 is 23.2 Å². The Morgan fingerprint density at radius 2 is 1.83 bits per heavy atom. The second-order valence-electron chi connectivity index (χ2n) is 5.07. The van der Waals surface area contributed by atoms with Crippen molar-refractivity contribution in [3.63, 3.8) is 0 Å². The fourth-order valence-electron chi connectivity index (χ4n) is 2.79. The molecule has 0 radical (unpaired) electrons. The van der Waals surface area contributed by atoms with Gasteiger partial charge in [-0.1, -0.05) is 42.3 Å². The number of halogens is 2. The number of hydrogen-bond donors (Lipinski definition) is 1. The number of hydrogen-bond acceptors (Lipinski definition) is 2. The summed E-state index contributed by atoms with van der Waals surface area (Å²) in [6, 6.07) is 5.35. The molecule has 0 bridgehead atoms. The van der Waals surface area contributed by atoms with E-state index < -0.39 is 6.10 Å². The summed E-state index contributed by atoms with van der Waals surface area (Å²) in [7, 11) is 0. The van der Waals surface area contributed by atoms with E-state index in [4.69, 9.17) is 27.9 Å². The third kappa shape index (κ3) is 2.39. The van der Waals surface area contributed by atoms with Crippen LogP contribution in [0, 0.1) is 11.8 Å². The average molecular weight is 289 g/mol. The lowest BCUT2D eigenvalue weighted by Gasteiger charge is -2.25. The Kier molecular flexibility index (Phi) is 4.22. The van der Waals surface area contributed by atoms with E-state index in [1.54, 1.807) is 12.1 Å². The molecule has 1 heterocycles. The van der Waals surface area contributed by atoms with Gasteiger partial charge in [0, 0.05) is 11.5 Å². The molecular formula is C14H18Cl2O2. The molecule has 1 N–H and O–H groups in total. The summed E-state index contributed by atoms with van der Waals surface area (Å²) in [6.45, 7) is 6.13. The third-order valence-electron chi connectivity index (χ3n) is 3.98. The molecule has 5 unspecified atom stereocenters. The van der Waals surface area contributed by atoms with Crippen molar-refractivity contribution in [2.75, 3.05) is 0 Å². The van der Waals surface area contributed by atoms with Crippen molar-refractivity contribution in [1.29, 1.82) is 0 Å². The molecule has 2 rings (SSSR count). The molecule has 0 aromatic heterocycles. The fourth-order valence-corrected chi connectivity index (χ4v) is 3.21. The fraction of sp³-hybridized carbons (Fsp3) is 0.571. The average Bonchev–Trinajstić information content (AvgIpc) is 2.56. The molecule has 0 aliphatic carbocycles. The van der Waals surface area contributed by atoms with Crippen LogP contribution in [0.15, 0.2) is 18.2 Å². The minimum absolute atomic E-state index is 0.0139. The Morgan fingerprint density at radius 3 is 2.39 bits per heavy atom. The summed E-state index contributed by atoms with van der Waals surface area (Å²) >= 11 is 12.2. The second-order valence-corrected chi connectivity index (χ2v) is 5.86. The van der Waals surface area contributed by atoms with E-state index in [0.29, 0.717) is 15.6 Å². The van der Waals surface area contributed by atoms with Gasteiger partial charge in [-0.05, 0) is 25.8 Å². The first-order valence-corrected chi connectivity index (χ1v) is 6.96. The summed E-state index contributed by atoms with van der Waals surface area (Å²) in [5.74, 6) is 0.320. The van der Waals surface area contributed by atoms with Crippen LogP contribution < -0.4 is 0 Å². The highest BCUT2D eigenvalue weighted by Gasteiger charge is 2.42. The topological polar surface area (TPSA) is 29.5 Å². The summed E-state index contributed by atoms with van der Waals surface area (Å²) in [5.41, 5.74) is 0.686. The lowest BCUT2D eigenvalue weighted by atomic mass is 9.82. The zero-order chi connectivity index (χ0) is 13.4. The normalized spacial score (nSPS) is 33.7. The maximum atomic E-state index is 10.6. The second kappa shape index (κ2) is 5.38. The van der Waals surface area contributed by atoms with Gasteiger partial charge in [0.15, 0.2) is 0 Å². The predicted molar refractivity (Wildman–Crippen MR) is 74.1 cm³/mol. The number of benzene rings is 1. The smallest absolute Gasteiger partial charge is 0.0861 e. The standard InChI is InChI=1S/C14H18Cl2O2/c1-7-8(2)18-9(3)12(7)14(17)10-5-4-6-11(15)13(10)16/h4-9,12,14,17H,1-3H3. The number of aliphatic hydroxyl groups excluding tert-OH is 1. The lowest BCUT2D eigenvalue weighted by Crippen LogP contribution is -2.25. The molecule has 100 valence electrons. The maximum absolute atomic E-state index is 10.6. The maximum Gasteiger partial charge on any atom is 0.0861 e. The highest BCUT2D eigenvalue weighted by Crippen LogP contribution is 2.43. The van der Waals surface area contributed by atoms with Crippen LogP contribution in [0.2, 0.25) is 10.0 Å². The predicted octanol–water partition coefficient (Wildman–Crippen LogP) is 4.09. The summed E-state index contributed by atoms with van der Waals surface area (Å²) in [4.78, 5) is 0. The SMILES string of the molecule is CC1OC(C)C(C(O)c2cccc(Cl)c2Cl)C1C. The molecule has 1 aliphatic heterocycles. The zero-order valence-corrected chi connectivity index (χ0v) is 12.2. The van der Waals surface area contributed by atoms with E-state index in [9.17, 15) is 5.11 Å². The Bertz CT molecular complexity index is 436. The van der Waals surface area contributed by atoms with Crippen molar-refractivity contribution in [3.05, 3.63) is 33.8 Å². The first-order chi connectivity index (χ1) is 8.43. The molecule has 1 aromatic carbocycles. The Balaban J connectivity index is 2.31. The van der Waals surface area contributed by atoms with Gasteiger partial charge in [-0.3, -0.25) is 0 Å². The van der Waals surface area contributed by atoms with Crippen LogP contribution in [0.3, 0.4) is 0 Å². The molecule has 0 spiro atoms. The van der Waals surface area contributed by atoms with Crippen molar-refractivity contribution in [2.24, 2.45) is 11.8 Å². The number of rotatable bonds is 2. The molecule has 0 amide bonds. The minimum atomic E-state index is -0.647. The molecule has 5 atom stereocenters. The monoisotopic (exact) mass is 288 g/mol. The highest BCUT2D eigenvalue weighted by molar-refractivity contribution is 6.42. The van der Waals surface area contributed by atoms with Crippen LogP contribution in [-0.4, -0.2) is 17.3 Å². The number of aliphatic hydroxyl groups is 1. The quantitative estimate of drug-likeness (QED) is 0.888. The van der Waals surface area contributed by atoms with Gasteiger partial charge in [0.1, 0.15) is 0 Å². The van der Waals surface area contributed by atoms with Crippen LogP contribution >= 0.6 is 23.2 Å². The van der Waals surface area contributed by atoms with E-state index >= 15 is 0 Å². The van der Waals surface area contributed by atoms with Gasteiger partial charge >= 0.3 is 0 Å². The first kappa shape index (κ1) is 14.1. The van der Waals surface area contributed by atoms with Gasteiger partial charge in [-0.15, -0.1) is 0 Å². The summed E-state index contributed by atoms with van der Waals surface area (Å²) < 4.78 is 5.76. The van der Waals surface area contributed by atoms with Crippen LogP contribution in [0.5, 0.6) is 0 Å². The summed E-state index contributed by atoms with van der Waals surface area (Å²) in [5, 5.41) is 11.5. The van der Waals surface area contributed by atoms with Crippen LogP contribution in [-0.2, 0) is 4.74 Å². The Hall–Kier alpha value is -0.280. The Labute approximate surface area is 118 Å². The molecule has 18 heavy (non-hydrogen) atoms. The molecule has 1 saturated heterocycles. The zero-order valence-electron chi connectivity index (χ0n) is 10.7. The van der Waals surface area contributed by atoms with Crippen LogP contribution in [0.25, 0.3) is 0 Å². The molecule has 1 fully saturated rings. The summed E-state index contributed by atoms with van der Waals surface area (Å²) in [6.07, 6.45) is -0.483. The van der Waals surface area contributed by atoms with Gasteiger partial charge in [-0.25, -0.2) is 0 Å². The van der Waals surface area contributed by atoms with E-state index in [-0.39, 0.29) is 24.0 Å². The van der Waals surface area contributed by atoms with Crippen molar-refractivity contribution < 1.29 is 9.84 Å². The van der Waals surface area contributed by atoms with Gasteiger partial charge in [-0.2, -0.15) is 0 Å². The largest absolute Gasteiger partial charge is 0.388 e. The molecule has 4 heteroatoms. The van der Waals surface area contributed by atoms with E-state index in [1.807, 2.05) is 19.9 Å². The van der Waals surface area contributed by atoms with Crippen molar-refractivity contribution in [2.45, 2.75) is 39.1 Å². The van der Waals surface area contributed by atoms with Gasteiger partial charge in [0.25, 0.3) is 0 Å². The molecule has 1 aromatic rings. The van der Waals surface area contributed by atoms with E-state index in [1.165, 1.54) is 0 Å².